The molecule has 0 aliphatic carbocycles. The molecule has 0 spiro atoms. The van der Waals surface area contributed by atoms with Gasteiger partial charge < -0.3 is 14.8 Å². The van der Waals surface area contributed by atoms with Gasteiger partial charge in [-0.2, -0.15) is 0 Å². The summed E-state index contributed by atoms with van der Waals surface area (Å²) >= 11 is 3.50. The largest absolute Gasteiger partial charge is 0.378 e. The van der Waals surface area contributed by atoms with E-state index in [2.05, 4.69) is 31.2 Å². The lowest BCUT2D eigenvalue weighted by molar-refractivity contribution is 0.0110. The molecule has 1 heterocycles. The number of hydrogen-bond acceptors (Lipinski definition) is 5. The van der Waals surface area contributed by atoms with Gasteiger partial charge >= 0.3 is 0 Å². The van der Waals surface area contributed by atoms with Gasteiger partial charge in [-0.1, -0.05) is 0 Å². The lowest BCUT2D eigenvalue weighted by Gasteiger charge is -2.23. The Morgan fingerprint density at radius 1 is 1.28 bits per heavy atom. The Balaban J connectivity index is 3.28. The molecule has 1 rings (SSSR count). The van der Waals surface area contributed by atoms with Crippen LogP contribution in [-0.2, 0) is 21.7 Å². The Hall–Kier alpha value is -0.720. The minimum absolute atomic E-state index is 0.425. The molecular weight excluding hydrogens is 298 g/mol. The highest BCUT2D eigenvalue weighted by Gasteiger charge is 2.25. The van der Waals surface area contributed by atoms with E-state index in [0.717, 1.165) is 22.5 Å². The van der Waals surface area contributed by atoms with Crippen molar-refractivity contribution in [1.29, 1.82) is 0 Å². The van der Waals surface area contributed by atoms with E-state index in [9.17, 15) is 0 Å². The van der Waals surface area contributed by atoms with Crippen LogP contribution >= 0.6 is 15.9 Å². The Bertz CT molecular complexity index is 383. The predicted molar refractivity (Wildman–Crippen MR) is 74.6 cm³/mol. The number of anilines is 1. The van der Waals surface area contributed by atoms with Crippen molar-refractivity contribution in [3.05, 3.63) is 16.0 Å². The van der Waals surface area contributed by atoms with E-state index in [0.29, 0.717) is 12.4 Å². The van der Waals surface area contributed by atoms with E-state index in [4.69, 9.17) is 9.47 Å². The second kappa shape index (κ2) is 6.45. The maximum absolute atomic E-state index is 5.42. The summed E-state index contributed by atoms with van der Waals surface area (Å²) < 4.78 is 11.4. The van der Waals surface area contributed by atoms with E-state index in [1.807, 2.05) is 20.8 Å². The molecule has 102 valence electrons. The number of rotatable bonds is 6. The monoisotopic (exact) mass is 317 g/mol. The quantitative estimate of drug-likeness (QED) is 0.874. The van der Waals surface area contributed by atoms with Crippen LogP contribution in [0.15, 0.2) is 4.47 Å². The number of aromatic nitrogens is 2. The zero-order chi connectivity index (χ0) is 13.8. The first-order chi connectivity index (χ1) is 8.46. The van der Waals surface area contributed by atoms with Gasteiger partial charge in [0.1, 0.15) is 11.4 Å². The second-order valence-corrected chi connectivity index (χ2v) is 5.13. The average Bonchev–Trinajstić information content (AvgIpc) is 2.34. The molecule has 0 saturated heterocycles. The molecule has 0 amide bonds. The first-order valence-electron chi connectivity index (χ1n) is 5.81. The van der Waals surface area contributed by atoms with Crippen molar-refractivity contribution < 1.29 is 9.47 Å². The van der Waals surface area contributed by atoms with Gasteiger partial charge in [0.15, 0.2) is 5.82 Å². The molecular formula is C12H20BrN3O2. The van der Waals surface area contributed by atoms with Crippen molar-refractivity contribution in [3.8, 4) is 0 Å². The van der Waals surface area contributed by atoms with Crippen LogP contribution in [0.4, 0.5) is 5.82 Å². The van der Waals surface area contributed by atoms with Gasteiger partial charge in [0.05, 0.1) is 16.8 Å². The van der Waals surface area contributed by atoms with Crippen LogP contribution in [0.1, 0.15) is 32.3 Å². The summed E-state index contributed by atoms with van der Waals surface area (Å²) in [5.41, 5.74) is 0.275. The van der Waals surface area contributed by atoms with Gasteiger partial charge in [-0.15, -0.1) is 0 Å². The van der Waals surface area contributed by atoms with Crippen molar-refractivity contribution in [2.45, 2.75) is 33.0 Å². The van der Waals surface area contributed by atoms with Gasteiger partial charge in [0.2, 0.25) is 0 Å². The summed E-state index contributed by atoms with van der Waals surface area (Å²) in [4.78, 5) is 9.00. The number of halogens is 1. The molecule has 0 radical (unpaired) electrons. The fourth-order valence-electron chi connectivity index (χ4n) is 1.37. The SMILES string of the molecule is CCNc1nc(C(C)(C)OC)nc(COC)c1Br. The predicted octanol–water partition coefficient (Wildman–Crippen LogP) is 2.70. The van der Waals surface area contributed by atoms with Gasteiger partial charge in [-0.25, -0.2) is 9.97 Å². The topological polar surface area (TPSA) is 56.3 Å². The van der Waals surface area contributed by atoms with Crippen LogP contribution in [0.5, 0.6) is 0 Å². The van der Waals surface area contributed by atoms with Gasteiger partial charge in [0, 0.05) is 20.8 Å². The Morgan fingerprint density at radius 3 is 2.44 bits per heavy atom. The molecule has 0 aromatic carbocycles. The highest BCUT2D eigenvalue weighted by atomic mass is 79.9. The Kier molecular flexibility index (Phi) is 5.49. The van der Waals surface area contributed by atoms with E-state index < -0.39 is 5.60 Å². The smallest absolute Gasteiger partial charge is 0.162 e. The van der Waals surface area contributed by atoms with E-state index in [1.165, 1.54) is 0 Å². The maximum atomic E-state index is 5.42. The molecule has 0 aliphatic heterocycles. The number of hydrogen-bond donors (Lipinski definition) is 1. The fraction of sp³-hybridized carbons (Fsp3) is 0.667. The Morgan fingerprint density at radius 2 is 1.94 bits per heavy atom. The minimum Gasteiger partial charge on any atom is -0.378 e. The molecule has 0 fully saturated rings. The fourth-order valence-corrected chi connectivity index (χ4v) is 1.80. The highest BCUT2D eigenvalue weighted by Crippen LogP contribution is 2.28. The normalized spacial score (nSPS) is 11.7. The van der Waals surface area contributed by atoms with Crippen LogP contribution in [-0.4, -0.2) is 30.7 Å². The van der Waals surface area contributed by atoms with Crippen LogP contribution in [0.2, 0.25) is 0 Å². The van der Waals surface area contributed by atoms with Crippen molar-refractivity contribution in [1.82, 2.24) is 9.97 Å². The first-order valence-corrected chi connectivity index (χ1v) is 6.60. The molecule has 0 saturated carbocycles. The third-order valence-corrected chi connectivity index (χ3v) is 3.43. The molecule has 1 aromatic rings. The summed E-state index contributed by atoms with van der Waals surface area (Å²) in [6.07, 6.45) is 0. The van der Waals surface area contributed by atoms with Crippen molar-refractivity contribution in [2.75, 3.05) is 26.1 Å². The van der Waals surface area contributed by atoms with Gasteiger partial charge in [-0.3, -0.25) is 0 Å². The first kappa shape index (κ1) is 15.3. The van der Waals surface area contributed by atoms with Crippen LogP contribution in [0.3, 0.4) is 0 Å². The molecule has 0 bridgehead atoms. The molecule has 1 N–H and O–H groups in total. The van der Waals surface area contributed by atoms with Crippen molar-refractivity contribution in [3.63, 3.8) is 0 Å². The summed E-state index contributed by atoms with van der Waals surface area (Å²) in [6.45, 7) is 7.10. The minimum atomic E-state index is -0.534. The van der Waals surface area contributed by atoms with Gasteiger partial charge in [0.25, 0.3) is 0 Å². The third-order valence-electron chi connectivity index (χ3n) is 2.59. The summed E-state index contributed by atoms with van der Waals surface area (Å²) in [7, 11) is 3.29. The highest BCUT2D eigenvalue weighted by molar-refractivity contribution is 9.10. The van der Waals surface area contributed by atoms with Crippen LogP contribution in [0.25, 0.3) is 0 Å². The molecule has 5 nitrogen and oxygen atoms in total. The molecule has 0 atom stereocenters. The molecule has 6 heteroatoms. The number of nitrogens with zero attached hydrogens (tertiary/aromatic N) is 2. The van der Waals surface area contributed by atoms with E-state index in [1.54, 1.807) is 14.2 Å². The van der Waals surface area contributed by atoms with Crippen LogP contribution in [0, 0.1) is 0 Å². The zero-order valence-corrected chi connectivity index (χ0v) is 13.1. The van der Waals surface area contributed by atoms with Crippen molar-refractivity contribution in [2.24, 2.45) is 0 Å². The number of nitrogens with one attached hydrogen (secondary N) is 1. The molecule has 0 aliphatic rings. The second-order valence-electron chi connectivity index (χ2n) is 4.33. The number of methoxy groups -OCH3 is 2. The molecule has 0 unspecified atom stereocenters. The zero-order valence-electron chi connectivity index (χ0n) is 11.5. The summed E-state index contributed by atoms with van der Waals surface area (Å²) in [5, 5.41) is 3.20. The average molecular weight is 318 g/mol. The Labute approximate surface area is 116 Å². The third kappa shape index (κ3) is 3.40. The van der Waals surface area contributed by atoms with Crippen LogP contribution < -0.4 is 5.32 Å². The standard InChI is InChI=1S/C12H20BrN3O2/c1-6-14-10-9(13)8(7-17-4)15-11(16-10)12(2,3)18-5/h6-7H2,1-5H3,(H,14,15,16). The molecule has 18 heavy (non-hydrogen) atoms. The summed E-state index contributed by atoms with van der Waals surface area (Å²) in [6, 6.07) is 0. The van der Waals surface area contributed by atoms with E-state index >= 15 is 0 Å². The van der Waals surface area contributed by atoms with E-state index in [-0.39, 0.29) is 0 Å². The number of ether oxygens (including phenoxy) is 2. The maximum Gasteiger partial charge on any atom is 0.162 e. The summed E-state index contributed by atoms with van der Waals surface area (Å²) in [5.74, 6) is 1.40. The molecule has 1 aromatic heterocycles. The van der Waals surface area contributed by atoms with Crippen molar-refractivity contribution >= 4 is 21.7 Å². The lowest BCUT2D eigenvalue weighted by atomic mass is 10.1. The van der Waals surface area contributed by atoms with Gasteiger partial charge in [-0.05, 0) is 36.7 Å². The lowest BCUT2D eigenvalue weighted by Crippen LogP contribution is -2.24.